The van der Waals surface area contributed by atoms with Crippen LogP contribution in [0.25, 0.3) is 0 Å². The van der Waals surface area contributed by atoms with Crippen molar-refractivity contribution in [3.8, 4) is 11.5 Å². The van der Waals surface area contributed by atoms with Crippen LogP contribution in [0.4, 0.5) is 0 Å². The summed E-state index contributed by atoms with van der Waals surface area (Å²) in [5.41, 5.74) is 3.04. The zero-order chi connectivity index (χ0) is 18.7. The largest absolute Gasteiger partial charge is 0.505 e. The Morgan fingerprint density at radius 3 is 2.69 bits per heavy atom. The molecule has 0 unspecified atom stereocenters. The standard InChI is InChI=1S/C19H16ClIN2O3/c1-11(24)16-6-7-17(18(20)19(16)25)26-10-15-9-14(22-23-15)8-12-2-4-13(21)5-3-12/h2-7,9,25H,8,10H2,1H3,(H,22,23). The molecular formula is C19H16ClIN2O3. The van der Waals surface area contributed by atoms with Gasteiger partial charge in [-0.25, -0.2) is 0 Å². The lowest BCUT2D eigenvalue weighted by Crippen LogP contribution is -1.99. The van der Waals surface area contributed by atoms with Crippen molar-refractivity contribution < 1.29 is 14.6 Å². The van der Waals surface area contributed by atoms with E-state index in [4.69, 9.17) is 16.3 Å². The molecule has 0 saturated heterocycles. The van der Waals surface area contributed by atoms with Crippen molar-refractivity contribution in [2.24, 2.45) is 0 Å². The summed E-state index contributed by atoms with van der Waals surface area (Å²) in [5, 5.41) is 17.2. The molecule has 1 heterocycles. The van der Waals surface area contributed by atoms with Gasteiger partial charge in [-0.2, -0.15) is 5.10 Å². The lowest BCUT2D eigenvalue weighted by Gasteiger charge is -2.10. The van der Waals surface area contributed by atoms with Crippen molar-refractivity contribution in [3.63, 3.8) is 0 Å². The summed E-state index contributed by atoms with van der Waals surface area (Å²) < 4.78 is 6.84. The summed E-state index contributed by atoms with van der Waals surface area (Å²) in [7, 11) is 0. The van der Waals surface area contributed by atoms with Crippen LogP contribution in [0.5, 0.6) is 11.5 Å². The van der Waals surface area contributed by atoms with Gasteiger partial charge in [0.1, 0.15) is 23.1 Å². The summed E-state index contributed by atoms with van der Waals surface area (Å²) in [5.74, 6) is -0.214. The Hall–Kier alpha value is -2.06. The van der Waals surface area contributed by atoms with E-state index < -0.39 is 0 Å². The summed E-state index contributed by atoms with van der Waals surface area (Å²) in [6.07, 6.45) is 0.724. The Morgan fingerprint density at radius 1 is 1.27 bits per heavy atom. The smallest absolute Gasteiger partial charge is 0.163 e. The van der Waals surface area contributed by atoms with Gasteiger partial charge in [-0.15, -0.1) is 0 Å². The van der Waals surface area contributed by atoms with Crippen LogP contribution in [-0.2, 0) is 13.0 Å². The number of aromatic hydroxyl groups is 1. The number of hydrogen-bond donors (Lipinski definition) is 2. The quantitative estimate of drug-likeness (QED) is 0.393. The minimum atomic E-state index is -0.263. The van der Waals surface area contributed by atoms with E-state index in [1.807, 2.05) is 6.07 Å². The van der Waals surface area contributed by atoms with E-state index in [1.54, 1.807) is 6.07 Å². The fraction of sp³-hybridized carbons (Fsp3) is 0.158. The molecule has 0 bridgehead atoms. The molecule has 3 aromatic rings. The van der Waals surface area contributed by atoms with Crippen LogP contribution < -0.4 is 4.74 Å². The van der Waals surface area contributed by atoms with Crippen LogP contribution in [0.2, 0.25) is 5.02 Å². The van der Waals surface area contributed by atoms with E-state index in [0.717, 1.165) is 17.8 Å². The average molecular weight is 483 g/mol. The first kappa shape index (κ1) is 18.7. The number of Topliss-reactive ketones (excluding diaryl/α,β-unsaturated/α-hetero) is 1. The van der Waals surface area contributed by atoms with Gasteiger partial charge in [0.2, 0.25) is 0 Å². The number of nitrogens with one attached hydrogen (secondary N) is 1. The molecule has 3 rings (SSSR count). The first-order valence-electron chi connectivity index (χ1n) is 7.87. The summed E-state index contributed by atoms with van der Waals surface area (Å²) in [6.45, 7) is 1.59. The Labute approximate surface area is 169 Å². The van der Waals surface area contributed by atoms with Gasteiger partial charge < -0.3 is 9.84 Å². The fourth-order valence-corrected chi connectivity index (χ4v) is 3.06. The van der Waals surface area contributed by atoms with Gasteiger partial charge in [0.25, 0.3) is 0 Å². The highest BCUT2D eigenvalue weighted by Gasteiger charge is 2.15. The highest BCUT2D eigenvalue weighted by Crippen LogP contribution is 2.36. The highest BCUT2D eigenvalue weighted by molar-refractivity contribution is 14.1. The topological polar surface area (TPSA) is 75.2 Å². The second-order valence-electron chi connectivity index (χ2n) is 5.81. The second kappa shape index (κ2) is 8.09. The third-order valence-electron chi connectivity index (χ3n) is 3.83. The number of ether oxygens (including phenoxy) is 1. The summed E-state index contributed by atoms with van der Waals surface area (Å²) in [6, 6.07) is 13.3. The molecule has 0 aliphatic rings. The number of carbonyl (C=O) groups excluding carboxylic acids is 1. The Balaban J connectivity index is 1.66. The first-order valence-corrected chi connectivity index (χ1v) is 9.32. The molecule has 134 valence electrons. The molecule has 5 nitrogen and oxygen atoms in total. The normalized spacial score (nSPS) is 10.7. The number of H-pyrrole nitrogens is 1. The monoisotopic (exact) mass is 482 g/mol. The summed E-state index contributed by atoms with van der Waals surface area (Å²) in [4.78, 5) is 11.4. The molecule has 0 saturated carbocycles. The second-order valence-corrected chi connectivity index (χ2v) is 7.43. The van der Waals surface area contributed by atoms with Crippen molar-refractivity contribution in [1.29, 1.82) is 0 Å². The molecule has 0 fully saturated rings. The maximum absolute atomic E-state index is 11.4. The molecular weight excluding hydrogens is 467 g/mol. The van der Waals surface area contributed by atoms with E-state index in [2.05, 4.69) is 57.1 Å². The van der Waals surface area contributed by atoms with E-state index in [-0.39, 0.29) is 28.7 Å². The Morgan fingerprint density at radius 2 is 2.00 bits per heavy atom. The van der Waals surface area contributed by atoms with Crippen LogP contribution in [0.15, 0.2) is 42.5 Å². The third-order valence-corrected chi connectivity index (χ3v) is 4.91. The molecule has 0 radical (unpaired) electrons. The maximum atomic E-state index is 11.4. The van der Waals surface area contributed by atoms with Gasteiger partial charge in [-0.05, 0) is 65.4 Å². The lowest BCUT2D eigenvalue weighted by molar-refractivity contribution is 0.101. The zero-order valence-corrected chi connectivity index (χ0v) is 16.8. The number of halogens is 2. The lowest BCUT2D eigenvalue weighted by atomic mass is 10.1. The molecule has 0 aliphatic carbocycles. The Kier molecular flexibility index (Phi) is 5.83. The molecule has 7 heteroatoms. The van der Waals surface area contributed by atoms with Crippen LogP contribution >= 0.6 is 34.2 Å². The van der Waals surface area contributed by atoms with Crippen LogP contribution in [0.3, 0.4) is 0 Å². The molecule has 26 heavy (non-hydrogen) atoms. The van der Waals surface area contributed by atoms with Crippen molar-refractivity contribution >= 4 is 40.0 Å². The predicted octanol–water partition coefficient (Wildman–Crippen LogP) is 4.75. The maximum Gasteiger partial charge on any atom is 0.163 e. The summed E-state index contributed by atoms with van der Waals surface area (Å²) >= 11 is 8.35. The van der Waals surface area contributed by atoms with E-state index in [0.29, 0.717) is 5.75 Å². The molecule has 0 aliphatic heterocycles. The van der Waals surface area contributed by atoms with Crippen molar-refractivity contribution in [2.45, 2.75) is 20.0 Å². The van der Waals surface area contributed by atoms with Crippen LogP contribution in [0.1, 0.15) is 34.2 Å². The number of aromatic amines is 1. The fourth-order valence-electron chi connectivity index (χ4n) is 2.48. The highest BCUT2D eigenvalue weighted by atomic mass is 127. The number of ketones is 1. The van der Waals surface area contributed by atoms with Gasteiger partial charge in [0, 0.05) is 9.99 Å². The zero-order valence-electron chi connectivity index (χ0n) is 13.9. The van der Waals surface area contributed by atoms with Crippen molar-refractivity contribution in [3.05, 3.63) is 73.6 Å². The van der Waals surface area contributed by atoms with Crippen LogP contribution in [-0.4, -0.2) is 21.1 Å². The molecule has 2 N–H and O–H groups in total. The number of nitrogens with zero attached hydrogens (tertiary/aromatic N) is 1. The van der Waals surface area contributed by atoms with Crippen molar-refractivity contribution in [1.82, 2.24) is 10.2 Å². The number of phenols is 1. The molecule has 0 spiro atoms. The van der Waals surface area contributed by atoms with Gasteiger partial charge in [0.15, 0.2) is 5.78 Å². The van der Waals surface area contributed by atoms with Gasteiger partial charge in [-0.3, -0.25) is 9.89 Å². The number of phenolic OH excluding ortho intramolecular Hbond substituents is 1. The molecule has 0 amide bonds. The number of aromatic nitrogens is 2. The van der Waals surface area contributed by atoms with Crippen LogP contribution in [0, 0.1) is 3.57 Å². The molecule has 1 aromatic heterocycles. The number of rotatable bonds is 6. The van der Waals surface area contributed by atoms with E-state index in [9.17, 15) is 9.90 Å². The first-order chi connectivity index (χ1) is 12.4. The Bertz CT molecular complexity index is 938. The number of hydrogen-bond acceptors (Lipinski definition) is 4. The number of carbonyl (C=O) groups is 1. The minimum Gasteiger partial charge on any atom is -0.505 e. The average Bonchev–Trinajstić information content (AvgIpc) is 3.05. The minimum absolute atomic E-state index is 0.0244. The SMILES string of the molecule is CC(=O)c1ccc(OCc2cc(Cc3ccc(I)cc3)n[nH]2)c(Cl)c1O. The molecule has 0 atom stereocenters. The third kappa shape index (κ3) is 4.37. The van der Waals surface area contributed by atoms with Gasteiger partial charge in [-0.1, -0.05) is 23.7 Å². The predicted molar refractivity (Wildman–Crippen MR) is 108 cm³/mol. The molecule has 2 aromatic carbocycles. The van der Waals surface area contributed by atoms with Gasteiger partial charge >= 0.3 is 0 Å². The van der Waals surface area contributed by atoms with E-state index in [1.165, 1.54) is 22.1 Å². The number of benzene rings is 2. The van der Waals surface area contributed by atoms with E-state index >= 15 is 0 Å². The van der Waals surface area contributed by atoms with Crippen molar-refractivity contribution in [2.75, 3.05) is 0 Å². The van der Waals surface area contributed by atoms with Gasteiger partial charge in [0.05, 0.1) is 17.0 Å².